The molecule has 2 aliphatic heterocycles. The van der Waals surface area contributed by atoms with Gasteiger partial charge in [0, 0.05) is 37.2 Å². The van der Waals surface area contributed by atoms with Crippen LogP contribution in [-0.4, -0.2) is 36.3 Å². The lowest BCUT2D eigenvalue weighted by atomic mass is 9.86. The first-order valence-corrected chi connectivity index (χ1v) is 7.95. The van der Waals surface area contributed by atoms with E-state index in [9.17, 15) is 14.0 Å². The molecule has 0 aliphatic carbocycles. The molecule has 1 aromatic carbocycles. The average Bonchev–Trinajstić information content (AvgIpc) is 3.28. The summed E-state index contributed by atoms with van der Waals surface area (Å²) in [6, 6.07) is 9.40. The Kier molecular flexibility index (Phi) is 3.40. The van der Waals surface area contributed by atoms with Crippen LogP contribution in [0.4, 0.5) is 10.1 Å². The third-order valence-corrected chi connectivity index (χ3v) is 4.90. The van der Waals surface area contributed by atoms with Gasteiger partial charge in [-0.05, 0) is 36.8 Å². The maximum Gasteiger partial charge on any atom is 0.289 e. The number of hydrogen-bond acceptors (Lipinski definition) is 3. The second-order valence-corrected chi connectivity index (χ2v) is 6.59. The summed E-state index contributed by atoms with van der Waals surface area (Å²) in [5, 5.41) is 0. The second-order valence-electron chi connectivity index (χ2n) is 6.59. The molecule has 0 saturated carbocycles. The van der Waals surface area contributed by atoms with E-state index < -0.39 is 0 Å². The lowest BCUT2D eigenvalue weighted by Crippen LogP contribution is -2.34. The van der Waals surface area contributed by atoms with Gasteiger partial charge in [-0.25, -0.2) is 4.39 Å². The Hall–Kier alpha value is -2.63. The molecular weight excluding hydrogens is 311 g/mol. The fraction of sp³-hybridized carbons (Fsp3) is 0.333. The third kappa shape index (κ3) is 2.48. The Balaban J connectivity index is 1.51. The molecule has 2 amide bonds. The van der Waals surface area contributed by atoms with E-state index in [4.69, 9.17) is 4.42 Å². The molecule has 6 heteroatoms. The Bertz CT molecular complexity index is 789. The number of benzene rings is 1. The zero-order valence-corrected chi connectivity index (χ0v) is 13.1. The zero-order chi connectivity index (χ0) is 16.7. The van der Waals surface area contributed by atoms with Crippen LogP contribution in [-0.2, 0) is 4.79 Å². The maximum absolute atomic E-state index is 13.4. The lowest BCUT2D eigenvalue weighted by Gasteiger charge is -2.24. The number of nitrogens with zero attached hydrogens (tertiary/aromatic N) is 2. The topological polar surface area (TPSA) is 53.8 Å². The minimum atomic E-state index is -0.359. The monoisotopic (exact) mass is 328 g/mol. The summed E-state index contributed by atoms with van der Waals surface area (Å²) in [4.78, 5) is 28.2. The van der Waals surface area contributed by atoms with Crippen molar-refractivity contribution in [1.82, 2.24) is 4.90 Å². The summed E-state index contributed by atoms with van der Waals surface area (Å²) in [5.41, 5.74) is 0.318. The zero-order valence-electron chi connectivity index (χ0n) is 13.1. The number of likely N-dealkylation sites (tertiary alicyclic amines) is 1. The van der Waals surface area contributed by atoms with Gasteiger partial charge in [0.15, 0.2) is 5.76 Å². The highest BCUT2D eigenvalue weighted by molar-refractivity contribution is 5.97. The van der Waals surface area contributed by atoms with Gasteiger partial charge >= 0.3 is 0 Å². The van der Waals surface area contributed by atoms with Gasteiger partial charge in [-0.3, -0.25) is 9.59 Å². The van der Waals surface area contributed by atoms with Crippen molar-refractivity contribution in [3.63, 3.8) is 0 Å². The van der Waals surface area contributed by atoms with E-state index in [1.54, 1.807) is 34.1 Å². The van der Waals surface area contributed by atoms with Gasteiger partial charge in [0.25, 0.3) is 5.91 Å². The standard InChI is InChI=1S/C18H17FN2O3/c19-13-3-1-4-14(9-13)21-12-18(10-16(21)22)6-7-20(11-18)17(23)15-5-2-8-24-15/h1-5,8-9H,6-7,10-12H2. The Morgan fingerprint density at radius 2 is 2.08 bits per heavy atom. The highest BCUT2D eigenvalue weighted by Crippen LogP contribution is 2.42. The van der Waals surface area contributed by atoms with Crippen LogP contribution >= 0.6 is 0 Å². The van der Waals surface area contributed by atoms with Gasteiger partial charge in [-0.15, -0.1) is 0 Å². The smallest absolute Gasteiger partial charge is 0.289 e. The van der Waals surface area contributed by atoms with Gasteiger partial charge < -0.3 is 14.2 Å². The van der Waals surface area contributed by atoms with Crippen molar-refractivity contribution in [2.75, 3.05) is 24.5 Å². The van der Waals surface area contributed by atoms with E-state index in [2.05, 4.69) is 0 Å². The van der Waals surface area contributed by atoms with E-state index in [-0.39, 0.29) is 23.0 Å². The van der Waals surface area contributed by atoms with Crippen LogP contribution in [0, 0.1) is 11.2 Å². The average molecular weight is 328 g/mol. The molecule has 0 bridgehead atoms. The number of anilines is 1. The van der Waals surface area contributed by atoms with Crippen molar-refractivity contribution in [2.45, 2.75) is 12.8 Å². The highest BCUT2D eigenvalue weighted by atomic mass is 19.1. The Morgan fingerprint density at radius 1 is 1.21 bits per heavy atom. The van der Waals surface area contributed by atoms with Crippen LogP contribution in [0.25, 0.3) is 0 Å². The van der Waals surface area contributed by atoms with Crippen LogP contribution in [0.3, 0.4) is 0 Å². The Labute approximate surface area is 138 Å². The van der Waals surface area contributed by atoms with Gasteiger partial charge in [-0.2, -0.15) is 0 Å². The molecule has 1 unspecified atom stereocenters. The number of amides is 2. The van der Waals surface area contributed by atoms with E-state index in [1.807, 2.05) is 0 Å². The lowest BCUT2D eigenvalue weighted by molar-refractivity contribution is -0.117. The van der Waals surface area contributed by atoms with Crippen molar-refractivity contribution in [3.8, 4) is 0 Å². The number of carbonyl (C=O) groups is 2. The number of hydrogen-bond donors (Lipinski definition) is 0. The molecule has 1 spiro atoms. The molecule has 1 atom stereocenters. The first kappa shape index (κ1) is 14.9. The molecule has 4 rings (SSSR count). The fourth-order valence-corrected chi connectivity index (χ4v) is 3.71. The highest BCUT2D eigenvalue weighted by Gasteiger charge is 2.49. The van der Waals surface area contributed by atoms with Crippen molar-refractivity contribution >= 4 is 17.5 Å². The molecule has 2 saturated heterocycles. The molecular formula is C18H17FN2O3. The molecule has 3 heterocycles. The first-order valence-electron chi connectivity index (χ1n) is 7.95. The molecule has 0 N–H and O–H groups in total. The number of furan rings is 1. The van der Waals surface area contributed by atoms with Crippen LogP contribution in [0.1, 0.15) is 23.4 Å². The first-order chi connectivity index (χ1) is 11.6. The molecule has 5 nitrogen and oxygen atoms in total. The molecule has 124 valence electrons. The normalized spacial score (nSPS) is 23.5. The summed E-state index contributed by atoms with van der Waals surface area (Å²) < 4.78 is 18.6. The van der Waals surface area contributed by atoms with Crippen LogP contribution in [0.2, 0.25) is 0 Å². The minimum absolute atomic E-state index is 0.0205. The van der Waals surface area contributed by atoms with Crippen molar-refractivity contribution in [1.29, 1.82) is 0 Å². The van der Waals surface area contributed by atoms with Crippen molar-refractivity contribution < 1.29 is 18.4 Å². The maximum atomic E-state index is 13.4. The summed E-state index contributed by atoms with van der Waals surface area (Å²) in [7, 11) is 0. The van der Waals surface area contributed by atoms with Crippen LogP contribution in [0.15, 0.2) is 47.1 Å². The SMILES string of the molecule is O=C(c1ccco1)N1CCC2(CC(=O)N(c3cccc(F)c3)C2)C1. The third-order valence-electron chi connectivity index (χ3n) is 4.90. The predicted octanol–water partition coefficient (Wildman–Crippen LogP) is 2.69. The predicted molar refractivity (Wildman–Crippen MR) is 85.0 cm³/mol. The molecule has 0 radical (unpaired) electrons. The van der Waals surface area contributed by atoms with Gasteiger partial charge in [0.2, 0.25) is 5.91 Å². The molecule has 2 aromatic rings. The van der Waals surface area contributed by atoms with E-state index in [0.717, 1.165) is 6.42 Å². The molecule has 24 heavy (non-hydrogen) atoms. The summed E-state index contributed by atoms with van der Waals surface area (Å²) >= 11 is 0. The van der Waals surface area contributed by atoms with E-state index in [0.29, 0.717) is 37.5 Å². The number of carbonyl (C=O) groups excluding carboxylic acids is 2. The number of halogens is 1. The van der Waals surface area contributed by atoms with Gasteiger partial charge in [-0.1, -0.05) is 6.07 Å². The largest absolute Gasteiger partial charge is 0.459 e. The van der Waals surface area contributed by atoms with Crippen LogP contribution < -0.4 is 4.90 Å². The number of rotatable bonds is 2. The van der Waals surface area contributed by atoms with Crippen molar-refractivity contribution in [3.05, 3.63) is 54.2 Å². The quantitative estimate of drug-likeness (QED) is 0.852. The second kappa shape index (κ2) is 5.47. The summed E-state index contributed by atoms with van der Waals surface area (Å²) in [6.45, 7) is 1.63. The molecule has 1 aromatic heterocycles. The van der Waals surface area contributed by atoms with E-state index >= 15 is 0 Å². The fourth-order valence-electron chi connectivity index (χ4n) is 3.71. The summed E-state index contributed by atoms with van der Waals surface area (Å²) in [5.74, 6) is -0.206. The molecule has 2 aliphatic rings. The van der Waals surface area contributed by atoms with Gasteiger partial charge in [0.05, 0.1) is 6.26 Å². The molecule has 2 fully saturated rings. The van der Waals surface area contributed by atoms with Crippen LogP contribution in [0.5, 0.6) is 0 Å². The van der Waals surface area contributed by atoms with E-state index in [1.165, 1.54) is 18.4 Å². The van der Waals surface area contributed by atoms with Gasteiger partial charge in [0.1, 0.15) is 5.82 Å². The summed E-state index contributed by atoms with van der Waals surface area (Å²) in [6.07, 6.45) is 2.62. The van der Waals surface area contributed by atoms with Crippen molar-refractivity contribution in [2.24, 2.45) is 5.41 Å². The Morgan fingerprint density at radius 3 is 2.83 bits per heavy atom. The minimum Gasteiger partial charge on any atom is -0.459 e.